The van der Waals surface area contributed by atoms with Gasteiger partial charge in [0.15, 0.2) is 0 Å². The van der Waals surface area contributed by atoms with E-state index in [9.17, 15) is 14.4 Å². The fourth-order valence-corrected chi connectivity index (χ4v) is 4.49. The summed E-state index contributed by atoms with van der Waals surface area (Å²) in [5, 5.41) is 0. The Kier molecular flexibility index (Phi) is 7.04. The largest absolute Gasteiger partial charge is 0.336 e. The first kappa shape index (κ1) is 18.2. The Morgan fingerprint density at radius 2 is 1.36 bits per heavy atom. The van der Waals surface area contributed by atoms with Crippen molar-refractivity contribution in [3.8, 4) is 0 Å². The van der Waals surface area contributed by atoms with E-state index in [4.69, 9.17) is 0 Å². The fourth-order valence-electron chi connectivity index (χ4n) is 2.33. The van der Waals surface area contributed by atoms with Gasteiger partial charge < -0.3 is 0 Å². The van der Waals surface area contributed by atoms with Crippen molar-refractivity contribution in [2.24, 2.45) is 0 Å². The minimum absolute atomic E-state index is 0.0943. The van der Waals surface area contributed by atoms with Crippen molar-refractivity contribution < 1.29 is 0 Å². The van der Waals surface area contributed by atoms with Crippen LogP contribution in [0.4, 0.5) is 0 Å². The van der Waals surface area contributed by atoms with Crippen molar-refractivity contribution in [2.75, 3.05) is 0 Å². The summed E-state index contributed by atoms with van der Waals surface area (Å²) >= 11 is 0. The first-order valence-electron chi connectivity index (χ1n) is 7.51. The molecule has 0 N–H and O–H groups in total. The molecule has 0 spiro atoms. The normalized spacial score (nSPS) is 10.9. The first-order chi connectivity index (χ1) is 10.5. The summed E-state index contributed by atoms with van der Waals surface area (Å²) in [5.74, 6) is 0. The molecular formula is C15H24N3O3Si. The molecule has 6 nitrogen and oxygen atoms in total. The van der Waals surface area contributed by atoms with E-state index in [1.165, 1.54) is 16.7 Å². The standard InChI is InChI=1S/C15H24N3O3Si/c1-5-9-16-13(19)17(10-6-2)15(21)18(14(16)20)12-22(8-4)11-7-3/h5-6H,1-2,7-12H2,3-4H3. The zero-order valence-corrected chi connectivity index (χ0v) is 14.4. The van der Waals surface area contributed by atoms with Crippen LogP contribution in [-0.4, -0.2) is 22.5 Å². The first-order valence-corrected chi connectivity index (χ1v) is 9.63. The van der Waals surface area contributed by atoms with Crippen molar-refractivity contribution in [1.82, 2.24) is 13.7 Å². The number of aromatic nitrogens is 3. The van der Waals surface area contributed by atoms with Crippen LogP contribution in [0, 0.1) is 0 Å². The van der Waals surface area contributed by atoms with Crippen LogP contribution in [0.15, 0.2) is 39.7 Å². The second-order valence-corrected chi connectivity index (χ2v) is 8.11. The van der Waals surface area contributed by atoms with E-state index in [2.05, 4.69) is 27.0 Å². The Hall–Kier alpha value is -1.89. The molecule has 0 unspecified atom stereocenters. The van der Waals surface area contributed by atoms with Crippen LogP contribution in [0.25, 0.3) is 0 Å². The minimum atomic E-state index is -0.824. The van der Waals surface area contributed by atoms with Crippen LogP contribution in [0.2, 0.25) is 12.1 Å². The highest BCUT2D eigenvalue weighted by Crippen LogP contribution is 2.03. The predicted molar refractivity (Wildman–Crippen MR) is 90.9 cm³/mol. The maximum Gasteiger partial charge on any atom is 0.336 e. The molecule has 1 aromatic heterocycles. The Morgan fingerprint density at radius 3 is 1.73 bits per heavy atom. The van der Waals surface area contributed by atoms with Crippen LogP contribution >= 0.6 is 0 Å². The lowest BCUT2D eigenvalue weighted by atomic mass is 10.5. The van der Waals surface area contributed by atoms with E-state index >= 15 is 0 Å². The van der Waals surface area contributed by atoms with E-state index in [1.807, 2.05) is 0 Å². The smallest absolute Gasteiger partial charge is 0.248 e. The third-order valence-corrected chi connectivity index (χ3v) is 6.46. The summed E-state index contributed by atoms with van der Waals surface area (Å²) in [6.07, 6.45) is 4.42. The van der Waals surface area contributed by atoms with E-state index in [-0.39, 0.29) is 13.1 Å². The lowest BCUT2D eigenvalue weighted by Crippen LogP contribution is -2.55. The molecule has 121 valence electrons. The third-order valence-electron chi connectivity index (χ3n) is 3.49. The monoisotopic (exact) mass is 322 g/mol. The van der Waals surface area contributed by atoms with Crippen LogP contribution in [0.1, 0.15) is 20.3 Å². The van der Waals surface area contributed by atoms with Crippen molar-refractivity contribution >= 4 is 8.80 Å². The molecule has 1 heterocycles. The molecule has 0 aliphatic rings. The molecule has 0 saturated heterocycles. The van der Waals surface area contributed by atoms with Crippen molar-refractivity contribution in [1.29, 1.82) is 0 Å². The molecular weight excluding hydrogens is 298 g/mol. The molecule has 0 bridgehead atoms. The molecule has 1 aromatic rings. The lowest BCUT2D eigenvalue weighted by Gasteiger charge is -2.16. The molecule has 0 aromatic carbocycles. The highest BCUT2D eigenvalue weighted by Gasteiger charge is 2.17. The zero-order chi connectivity index (χ0) is 16.7. The molecule has 7 heteroatoms. The number of hydrogen-bond acceptors (Lipinski definition) is 3. The summed E-state index contributed by atoms with van der Waals surface area (Å²) in [7, 11) is -0.824. The highest BCUT2D eigenvalue weighted by molar-refractivity contribution is 6.57. The van der Waals surface area contributed by atoms with Crippen molar-refractivity contribution in [3.05, 3.63) is 56.8 Å². The predicted octanol–water partition coefficient (Wildman–Crippen LogP) is 1.01. The average molecular weight is 322 g/mol. The van der Waals surface area contributed by atoms with Gasteiger partial charge in [0, 0.05) is 6.17 Å². The Balaban J connectivity index is 3.52. The summed E-state index contributed by atoms with van der Waals surface area (Å²) in [6, 6.07) is 2.02. The third kappa shape index (κ3) is 3.85. The number of allylic oxidation sites excluding steroid dienone is 2. The van der Waals surface area contributed by atoms with Gasteiger partial charge in [-0.25, -0.2) is 28.1 Å². The van der Waals surface area contributed by atoms with E-state index in [0.29, 0.717) is 6.17 Å². The molecule has 0 amide bonds. The van der Waals surface area contributed by atoms with E-state index in [1.54, 1.807) is 0 Å². The number of hydrogen-bond donors (Lipinski definition) is 0. The topological polar surface area (TPSA) is 66.0 Å². The fraction of sp³-hybridized carbons (Fsp3) is 0.533. The molecule has 0 atom stereocenters. The SMILES string of the molecule is C=CCn1c(=O)n(CC=C)c(=O)n(C[Si](CC)CCC)c1=O. The summed E-state index contributed by atoms with van der Waals surface area (Å²) in [4.78, 5) is 37.2. The Bertz CT molecular complexity index is 651. The highest BCUT2D eigenvalue weighted by atomic mass is 28.3. The van der Waals surface area contributed by atoms with Gasteiger partial charge in [-0.3, -0.25) is 0 Å². The molecule has 1 radical (unpaired) electrons. The van der Waals surface area contributed by atoms with Gasteiger partial charge in [-0.05, 0) is 0 Å². The number of rotatable bonds is 9. The van der Waals surface area contributed by atoms with Gasteiger partial charge in [0.05, 0.1) is 21.9 Å². The van der Waals surface area contributed by atoms with Crippen LogP contribution in [-0.2, 0) is 19.3 Å². The second kappa shape index (κ2) is 8.53. The van der Waals surface area contributed by atoms with E-state index < -0.39 is 25.9 Å². The lowest BCUT2D eigenvalue weighted by molar-refractivity contribution is 0.508. The zero-order valence-electron chi connectivity index (χ0n) is 13.4. The van der Waals surface area contributed by atoms with Crippen molar-refractivity contribution in [3.63, 3.8) is 0 Å². The Morgan fingerprint density at radius 1 is 0.909 bits per heavy atom. The summed E-state index contributed by atoms with van der Waals surface area (Å²) in [6.45, 7) is 11.5. The van der Waals surface area contributed by atoms with Gasteiger partial charge >= 0.3 is 17.1 Å². The molecule has 1 rings (SSSR count). The van der Waals surface area contributed by atoms with Gasteiger partial charge in [0.1, 0.15) is 0 Å². The summed E-state index contributed by atoms with van der Waals surface area (Å²) < 4.78 is 3.32. The quantitative estimate of drug-likeness (QED) is 0.503. The van der Waals surface area contributed by atoms with Gasteiger partial charge in [-0.1, -0.05) is 44.5 Å². The maximum atomic E-state index is 12.5. The van der Waals surface area contributed by atoms with Gasteiger partial charge in [-0.2, -0.15) is 0 Å². The Labute approximate surface area is 131 Å². The van der Waals surface area contributed by atoms with Crippen LogP contribution in [0.5, 0.6) is 0 Å². The maximum absolute atomic E-state index is 12.5. The molecule has 0 aliphatic carbocycles. The van der Waals surface area contributed by atoms with Crippen LogP contribution < -0.4 is 17.1 Å². The number of nitrogens with zero attached hydrogens (tertiary/aromatic N) is 3. The molecule has 0 fully saturated rings. The van der Waals surface area contributed by atoms with Crippen LogP contribution in [0.3, 0.4) is 0 Å². The second-order valence-electron chi connectivity index (χ2n) is 5.09. The minimum Gasteiger partial charge on any atom is -0.248 e. The van der Waals surface area contributed by atoms with Gasteiger partial charge in [0.2, 0.25) is 0 Å². The summed E-state index contributed by atoms with van der Waals surface area (Å²) in [5.41, 5.74) is -1.68. The molecule has 22 heavy (non-hydrogen) atoms. The van der Waals surface area contributed by atoms with Gasteiger partial charge in [-0.15, -0.1) is 13.2 Å². The average Bonchev–Trinajstić information content (AvgIpc) is 2.51. The van der Waals surface area contributed by atoms with E-state index in [0.717, 1.165) is 27.6 Å². The van der Waals surface area contributed by atoms with Gasteiger partial charge in [0.25, 0.3) is 0 Å². The van der Waals surface area contributed by atoms with Crippen molar-refractivity contribution in [2.45, 2.75) is 51.6 Å². The molecule has 0 saturated carbocycles. The molecule has 0 aliphatic heterocycles.